The Labute approximate surface area is 281 Å². The summed E-state index contributed by atoms with van der Waals surface area (Å²) in [6.45, 7) is 4.71. The predicted octanol–water partition coefficient (Wildman–Crippen LogP) is 4.80. The topological polar surface area (TPSA) is 144 Å². The summed E-state index contributed by atoms with van der Waals surface area (Å²) in [6.07, 6.45) is -6.26. The highest BCUT2D eigenvalue weighted by Crippen LogP contribution is 2.46. The maximum Gasteiger partial charge on any atom is 0.516 e. The van der Waals surface area contributed by atoms with Crippen LogP contribution in [0.4, 0.5) is 18.0 Å². The number of likely N-dealkylation sites (N-methyl/N-ethyl adjacent to an activating group) is 1. The van der Waals surface area contributed by atoms with Gasteiger partial charge in [0.1, 0.15) is 23.4 Å². The number of aromatic nitrogens is 1. The van der Waals surface area contributed by atoms with Gasteiger partial charge in [-0.05, 0) is 24.5 Å². The van der Waals surface area contributed by atoms with E-state index in [9.17, 15) is 37.5 Å². The van der Waals surface area contributed by atoms with E-state index in [-0.39, 0.29) is 31.2 Å². The molecule has 1 aromatic carbocycles. The zero-order valence-electron chi connectivity index (χ0n) is 27.8. The van der Waals surface area contributed by atoms with Crippen LogP contribution in [-0.2, 0) is 19.1 Å². The van der Waals surface area contributed by atoms with E-state index in [2.05, 4.69) is 15.0 Å². The lowest BCUT2D eigenvalue weighted by molar-refractivity contribution is -0.842. The maximum atomic E-state index is 14.5. The molecule has 2 N–H and O–H groups in total. The van der Waals surface area contributed by atoms with Gasteiger partial charge < -0.3 is 29.5 Å². The minimum atomic E-state index is -4.79. The number of carbonyl (C=O) groups excluding carboxylic acids is 3. The average molecular weight is 702 g/mol. The monoisotopic (exact) mass is 701 g/mol. The summed E-state index contributed by atoms with van der Waals surface area (Å²) in [6, 6.07) is 4.02. The number of halogens is 4. The van der Waals surface area contributed by atoms with Crippen molar-refractivity contribution in [2.24, 2.45) is 11.3 Å². The van der Waals surface area contributed by atoms with Gasteiger partial charge in [0.05, 0.1) is 38.3 Å². The molecule has 1 aromatic heterocycles. The highest BCUT2D eigenvalue weighted by molar-refractivity contribution is 6.35. The molecular weight excluding hydrogens is 661 g/mol. The molecule has 2 aromatic rings. The van der Waals surface area contributed by atoms with Crippen LogP contribution >= 0.6 is 11.6 Å². The van der Waals surface area contributed by atoms with Crippen molar-refractivity contribution in [3.8, 4) is 11.6 Å². The summed E-state index contributed by atoms with van der Waals surface area (Å²) in [5.41, 5.74) is -2.14. The van der Waals surface area contributed by atoms with Crippen LogP contribution in [0.15, 0.2) is 24.3 Å². The number of alkyl halides is 3. The number of fused-ring (bicyclic) bond motifs is 1. The molecule has 48 heavy (non-hydrogen) atoms. The van der Waals surface area contributed by atoms with Crippen LogP contribution in [0.5, 0.6) is 11.6 Å². The first-order valence-electron chi connectivity index (χ1n) is 15.4. The normalized spacial score (nSPS) is 23.4. The van der Waals surface area contributed by atoms with Gasteiger partial charge in [-0.15, -0.1) is 0 Å². The number of methoxy groups -OCH3 is 1. The van der Waals surface area contributed by atoms with Gasteiger partial charge in [-0.3, -0.25) is 9.59 Å². The van der Waals surface area contributed by atoms with Gasteiger partial charge in [0.15, 0.2) is 12.6 Å². The smallest absolute Gasteiger partial charge is 0.488 e. The number of aliphatic carboxylic acids is 1. The molecule has 4 rings (SSSR count). The lowest BCUT2D eigenvalue weighted by Gasteiger charge is -2.42. The van der Waals surface area contributed by atoms with Crippen LogP contribution in [0, 0.1) is 11.3 Å². The Balaban J connectivity index is 1.72. The summed E-state index contributed by atoms with van der Waals surface area (Å²) in [5, 5.41) is 13.5. The number of hydrogen-bond acceptors (Lipinski definition) is 8. The van der Waals surface area contributed by atoms with Crippen molar-refractivity contribution in [3.05, 3.63) is 29.3 Å². The van der Waals surface area contributed by atoms with Gasteiger partial charge in [0, 0.05) is 23.3 Å². The van der Waals surface area contributed by atoms with Crippen LogP contribution in [0.25, 0.3) is 10.9 Å². The van der Waals surface area contributed by atoms with Crippen molar-refractivity contribution >= 4 is 46.4 Å². The maximum absolute atomic E-state index is 14.5. The molecule has 2 heterocycles. The van der Waals surface area contributed by atoms with Gasteiger partial charge in [0.25, 0.3) is 5.91 Å². The third kappa shape index (κ3) is 7.41. The van der Waals surface area contributed by atoms with E-state index in [1.165, 1.54) is 32.2 Å². The predicted molar refractivity (Wildman–Crippen MR) is 168 cm³/mol. The van der Waals surface area contributed by atoms with Crippen LogP contribution in [0.2, 0.25) is 5.02 Å². The second-order valence-corrected chi connectivity index (χ2v) is 14.2. The summed E-state index contributed by atoms with van der Waals surface area (Å²) in [5.74, 6) is -2.47. The average Bonchev–Trinajstić information content (AvgIpc) is 3.54. The number of likely N-dealkylation sites (tertiary alicyclic amines) is 1. The Morgan fingerprint density at radius 2 is 1.88 bits per heavy atom. The number of benzene rings is 1. The van der Waals surface area contributed by atoms with Crippen LogP contribution in [0.3, 0.4) is 0 Å². The van der Waals surface area contributed by atoms with Gasteiger partial charge >= 0.3 is 18.2 Å². The van der Waals surface area contributed by atoms with Crippen LogP contribution < -0.4 is 14.8 Å². The fourth-order valence-corrected chi connectivity index (χ4v) is 6.91. The summed E-state index contributed by atoms with van der Waals surface area (Å²) >= 11 is 6.38. The Morgan fingerprint density at radius 1 is 1.21 bits per heavy atom. The number of hydrogen-bond donors (Lipinski definition) is 2. The molecule has 16 heteroatoms. The van der Waals surface area contributed by atoms with E-state index in [0.717, 1.165) is 0 Å². The zero-order valence-corrected chi connectivity index (χ0v) is 28.6. The quantitative estimate of drug-likeness (QED) is 0.334. The van der Waals surface area contributed by atoms with Crippen molar-refractivity contribution < 1.29 is 56.1 Å². The number of nitrogens with zero attached hydrogens (tertiary/aromatic N) is 3. The molecular formula is C32H41ClF3N4O8+. The van der Waals surface area contributed by atoms with E-state index in [0.29, 0.717) is 28.1 Å². The van der Waals surface area contributed by atoms with E-state index in [1.54, 1.807) is 39.0 Å². The Bertz CT molecular complexity index is 1600. The molecule has 5 unspecified atom stereocenters. The SMILES string of the molecule is CCC1CC1(NC(=O)C1CC(Oc2cc(OC)nc3c(Cl)cccc23)CN1C(=O)C(C(C)(C)C)[N+](C)(C)C(=O)OCC(F)(F)F)C(=O)O. The number of quaternary nitrogens is 1. The van der Waals surface area contributed by atoms with Crippen molar-refractivity contribution in [2.75, 3.05) is 34.4 Å². The lowest BCUT2D eigenvalue weighted by Crippen LogP contribution is -2.66. The molecule has 1 saturated carbocycles. The number of ether oxygens (including phenoxy) is 3. The number of nitrogens with one attached hydrogen (secondary N) is 1. The zero-order chi connectivity index (χ0) is 36.0. The van der Waals surface area contributed by atoms with Gasteiger partial charge in [0.2, 0.25) is 11.8 Å². The molecule has 0 radical (unpaired) electrons. The second kappa shape index (κ2) is 13.2. The fraction of sp³-hybridized carbons (Fsp3) is 0.594. The fourth-order valence-electron chi connectivity index (χ4n) is 6.70. The van der Waals surface area contributed by atoms with E-state index < -0.39 is 70.3 Å². The molecule has 0 bridgehead atoms. The Hall–Kier alpha value is -3.85. The van der Waals surface area contributed by atoms with Crippen molar-refractivity contribution in [3.63, 3.8) is 0 Å². The largest absolute Gasteiger partial charge is 0.516 e. The summed E-state index contributed by atoms with van der Waals surface area (Å²) in [7, 11) is 3.94. The number of rotatable bonds is 10. The number of carboxylic acids is 1. The second-order valence-electron chi connectivity index (χ2n) is 13.8. The number of pyridine rings is 1. The third-order valence-electron chi connectivity index (χ3n) is 8.94. The molecule has 2 fully saturated rings. The van der Waals surface area contributed by atoms with Crippen molar-refractivity contribution in [1.29, 1.82) is 0 Å². The Morgan fingerprint density at radius 3 is 2.42 bits per heavy atom. The number of carbonyl (C=O) groups is 4. The number of para-hydroxylation sites is 1. The van der Waals surface area contributed by atoms with Crippen molar-refractivity contribution in [1.82, 2.24) is 15.2 Å². The molecule has 1 aliphatic heterocycles. The lowest BCUT2D eigenvalue weighted by atomic mass is 9.83. The molecule has 5 atom stereocenters. The van der Waals surface area contributed by atoms with E-state index in [1.807, 2.05) is 6.92 Å². The van der Waals surface area contributed by atoms with Gasteiger partial charge in [-0.1, -0.05) is 51.8 Å². The summed E-state index contributed by atoms with van der Waals surface area (Å²) < 4.78 is 54.2. The molecule has 1 aliphatic carbocycles. The molecule has 1 saturated heterocycles. The standard InChI is InChI=1S/C32H40ClF3N4O8/c1-8-17-14-31(17,28(43)44)38-26(41)21-12-18(48-22-13-23(46-7)37-24-19(22)10-9-11-20(24)33)15-39(21)27(42)25(30(2,3)4)40(5,6)29(45)47-16-32(34,35)36/h9-11,13,17-18,21,25H,8,12,14-16H2,1-7H3,(H-,38,41,43,44)/p+1. The van der Waals surface area contributed by atoms with Crippen LogP contribution in [0.1, 0.15) is 47.0 Å². The summed E-state index contributed by atoms with van der Waals surface area (Å²) in [4.78, 5) is 59.3. The third-order valence-corrected chi connectivity index (χ3v) is 9.24. The molecule has 12 nitrogen and oxygen atoms in total. The highest BCUT2D eigenvalue weighted by atomic mass is 35.5. The van der Waals surface area contributed by atoms with Crippen LogP contribution in [-0.4, -0.2) is 108 Å². The Kier molecular flexibility index (Phi) is 10.2. The first-order valence-corrected chi connectivity index (χ1v) is 15.8. The highest BCUT2D eigenvalue weighted by Gasteiger charge is 2.62. The molecule has 264 valence electrons. The molecule has 3 amide bonds. The van der Waals surface area contributed by atoms with Gasteiger partial charge in [-0.25, -0.2) is 14.3 Å². The molecule has 2 aliphatic rings. The van der Waals surface area contributed by atoms with E-state index in [4.69, 9.17) is 21.1 Å². The van der Waals surface area contributed by atoms with Crippen molar-refractivity contribution in [2.45, 2.75) is 76.9 Å². The van der Waals surface area contributed by atoms with E-state index >= 15 is 0 Å². The minimum absolute atomic E-state index is 0.0699. The van der Waals surface area contributed by atoms with Gasteiger partial charge in [-0.2, -0.15) is 18.0 Å². The number of carboxylic acid groups (broad SMARTS) is 1. The first-order chi connectivity index (χ1) is 22.2. The first kappa shape index (κ1) is 37.0. The minimum Gasteiger partial charge on any atom is -0.488 e. The number of amides is 3. The molecule has 0 spiro atoms.